The summed E-state index contributed by atoms with van der Waals surface area (Å²) in [6.45, 7) is 11.1. The van der Waals surface area contributed by atoms with E-state index in [4.69, 9.17) is 18.1 Å². The lowest BCUT2D eigenvalue weighted by Gasteiger charge is -2.24. The van der Waals surface area contributed by atoms with Crippen LogP contribution in [-0.4, -0.2) is 31.6 Å². The van der Waals surface area contributed by atoms with Gasteiger partial charge in [-0.25, -0.2) is 4.99 Å². The van der Waals surface area contributed by atoms with E-state index in [0.29, 0.717) is 0 Å². The first-order chi connectivity index (χ1) is 11.4. The Labute approximate surface area is 145 Å². The molecule has 0 atom stereocenters. The van der Waals surface area contributed by atoms with E-state index in [1.807, 2.05) is 13.8 Å². The quantitative estimate of drug-likeness (QED) is 0.305. The highest BCUT2D eigenvalue weighted by Crippen LogP contribution is 2.66. The fraction of sp³-hybridized carbons (Fsp3) is 0.800. The van der Waals surface area contributed by atoms with E-state index in [1.54, 1.807) is 33.9 Å². The van der Waals surface area contributed by atoms with Gasteiger partial charge < -0.3 is 18.1 Å². The molecule has 0 spiro atoms. The summed E-state index contributed by atoms with van der Waals surface area (Å²) in [6.07, 6.45) is 3.09. The molecule has 0 aliphatic heterocycles. The summed E-state index contributed by atoms with van der Waals surface area (Å²) in [5, 5.41) is -0.290. The topological polar surface area (TPSA) is 83.4 Å². The van der Waals surface area contributed by atoms with Crippen molar-refractivity contribution in [1.82, 2.24) is 0 Å². The lowest BCUT2D eigenvalue weighted by Crippen LogP contribution is -2.12. The molecule has 0 fully saturated rings. The van der Waals surface area contributed by atoms with Gasteiger partial charge in [0.2, 0.25) is 5.19 Å². The van der Waals surface area contributed by atoms with Crippen LogP contribution in [0.5, 0.6) is 0 Å². The van der Waals surface area contributed by atoms with Crippen molar-refractivity contribution in [2.24, 2.45) is 4.99 Å². The van der Waals surface area contributed by atoms with Crippen molar-refractivity contribution in [1.29, 1.82) is 0 Å². The van der Waals surface area contributed by atoms with Crippen molar-refractivity contribution >= 4 is 20.4 Å². The van der Waals surface area contributed by atoms with Crippen LogP contribution >= 0.6 is 15.2 Å². The summed E-state index contributed by atoms with van der Waals surface area (Å²) in [6, 6.07) is 0. The van der Waals surface area contributed by atoms with Gasteiger partial charge in [0.05, 0.1) is 26.4 Å². The molecule has 142 valence electrons. The van der Waals surface area contributed by atoms with Crippen LogP contribution < -0.4 is 0 Å². The van der Waals surface area contributed by atoms with Gasteiger partial charge in [0, 0.05) is 6.20 Å². The van der Waals surface area contributed by atoms with Crippen LogP contribution in [0.4, 0.5) is 0 Å². The summed E-state index contributed by atoms with van der Waals surface area (Å²) in [7, 11) is -7.79. The summed E-state index contributed by atoms with van der Waals surface area (Å²) in [5.74, 6) is 0. The number of hydrogen-bond donors (Lipinski definition) is 0. The zero-order chi connectivity index (χ0) is 18.6. The van der Waals surface area contributed by atoms with Crippen LogP contribution in [0.3, 0.4) is 0 Å². The average Bonchev–Trinajstić information content (AvgIpc) is 2.52. The van der Waals surface area contributed by atoms with E-state index >= 15 is 0 Å². The van der Waals surface area contributed by atoms with Crippen molar-refractivity contribution in [2.45, 2.75) is 54.4 Å². The van der Waals surface area contributed by atoms with Crippen molar-refractivity contribution in [3.8, 4) is 0 Å². The van der Waals surface area contributed by atoms with Gasteiger partial charge in [-0.2, -0.15) is 0 Å². The molecule has 0 aliphatic rings. The predicted octanol–water partition coefficient (Wildman–Crippen LogP) is 5.58. The molecule has 0 radical (unpaired) electrons. The standard InChI is InChI=1S/C15H31NO6P2/c1-7-14(8-2)13-16-15(23(17,19-9-3)20-10-4)24(18,21-11-5)22-12-6/h13H,7-12H2,1-6H3. The summed E-state index contributed by atoms with van der Waals surface area (Å²) < 4.78 is 47.6. The lowest BCUT2D eigenvalue weighted by molar-refractivity contribution is 0.224. The zero-order valence-corrected chi connectivity index (χ0v) is 17.4. The second-order valence-electron chi connectivity index (χ2n) is 4.59. The molecule has 0 aliphatic carbocycles. The smallest absolute Gasteiger partial charge is 0.304 e. The van der Waals surface area contributed by atoms with Crippen LogP contribution in [0, 0.1) is 0 Å². The molecule has 0 saturated heterocycles. The van der Waals surface area contributed by atoms with Crippen LogP contribution in [0.1, 0.15) is 54.4 Å². The van der Waals surface area contributed by atoms with Gasteiger partial charge in [0.25, 0.3) is 0 Å². The summed E-state index contributed by atoms with van der Waals surface area (Å²) >= 11 is 0. The number of aliphatic imine (C=N–C) groups is 1. The average molecular weight is 383 g/mol. The maximum absolute atomic E-state index is 13.2. The highest BCUT2D eigenvalue weighted by atomic mass is 31.2. The van der Waals surface area contributed by atoms with Crippen LogP contribution in [0.15, 0.2) is 16.8 Å². The minimum atomic E-state index is -3.90. The van der Waals surface area contributed by atoms with Crippen molar-refractivity contribution in [3.05, 3.63) is 11.8 Å². The molecule has 24 heavy (non-hydrogen) atoms. The maximum atomic E-state index is 13.2. The van der Waals surface area contributed by atoms with Gasteiger partial charge in [-0.05, 0) is 40.5 Å². The normalized spacial score (nSPS) is 12.1. The Kier molecular flexibility index (Phi) is 12.0. The number of hydrogen-bond acceptors (Lipinski definition) is 7. The first-order valence-corrected chi connectivity index (χ1v) is 11.5. The zero-order valence-electron chi connectivity index (χ0n) is 15.6. The summed E-state index contributed by atoms with van der Waals surface area (Å²) in [4.78, 5) is 4.21. The molecule has 7 nitrogen and oxygen atoms in total. The minimum absolute atomic E-state index is 0.118. The third-order valence-corrected chi connectivity index (χ3v) is 8.03. The molecule has 0 amide bonds. The Morgan fingerprint density at radius 3 is 1.33 bits per heavy atom. The van der Waals surface area contributed by atoms with E-state index < -0.39 is 15.2 Å². The van der Waals surface area contributed by atoms with Crippen molar-refractivity contribution < 1.29 is 27.2 Å². The Morgan fingerprint density at radius 2 is 1.08 bits per heavy atom. The Hall–Kier alpha value is -0.290. The van der Waals surface area contributed by atoms with E-state index in [-0.39, 0.29) is 31.6 Å². The molecule has 0 rings (SSSR count). The van der Waals surface area contributed by atoms with Crippen molar-refractivity contribution in [2.75, 3.05) is 26.4 Å². The Morgan fingerprint density at radius 1 is 0.750 bits per heavy atom. The molecular formula is C15H31NO6P2. The van der Waals surface area contributed by atoms with Gasteiger partial charge in [-0.3, -0.25) is 9.13 Å². The fourth-order valence-electron chi connectivity index (χ4n) is 1.86. The van der Waals surface area contributed by atoms with Gasteiger partial charge in [-0.15, -0.1) is 0 Å². The SMILES string of the molecule is CCOP(=O)(OCC)C(=NC=C(CC)CC)P(=O)(OCC)OCC. The maximum Gasteiger partial charge on any atom is 0.388 e. The van der Waals surface area contributed by atoms with Crippen LogP contribution in [0.25, 0.3) is 0 Å². The number of allylic oxidation sites excluding steroid dienone is 1. The van der Waals surface area contributed by atoms with E-state index in [2.05, 4.69) is 4.99 Å². The molecule has 0 aromatic heterocycles. The van der Waals surface area contributed by atoms with E-state index in [9.17, 15) is 9.13 Å². The molecule has 0 heterocycles. The molecular weight excluding hydrogens is 352 g/mol. The van der Waals surface area contributed by atoms with Gasteiger partial charge >= 0.3 is 15.2 Å². The summed E-state index contributed by atoms with van der Waals surface area (Å²) in [5.41, 5.74) is 1.01. The van der Waals surface area contributed by atoms with Crippen LogP contribution in [0.2, 0.25) is 0 Å². The van der Waals surface area contributed by atoms with Crippen LogP contribution in [-0.2, 0) is 27.2 Å². The van der Waals surface area contributed by atoms with Gasteiger partial charge in [0.15, 0.2) is 0 Å². The Balaban J connectivity index is 6.25. The second kappa shape index (κ2) is 12.1. The largest absolute Gasteiger partial charge is 0.388 e. The lowest BCUT2D eigenvalue weighted by atomic mass is 10.2. The molecule has 0 aromatic rings. The first kappa shape index (κ1) is 23.7. The fourth-order valence-corrected chi connectivity index (χ4v) is 6.12. The molecule has 0 aromatic carbocycles. The third-order valence-electron chi connectivity index (χ3n) is 2.96. The molecule has 0 bridgehead atoms. The van der Waals surface area contributed by atoms with E-state index in [1.165, 1.54) is 0 Å². The third kappa shape index (κ3) is 6.91. The first-order valence-electron chi connectivity index (χ1n) is 8.42. The highest BCUT2D eigenvalue weighted by Gasteiger charge is 2.47. The highest BCUT2D eigenvalue weighted by molar-refractivity contribution is 7.98. The molecule has 0 unspecified atom stereocenters. The second-order valence-corrected chi connectivity index (χ2v) is 8.81. The minimum Gasteiger partial charge on any atom is -0.304 e. The number of nitrogens with zero attached hydrogens (tertiary/aromatic N) is 1. The van der Waals surface area contributed by atoms with Crippen molar-refractivity contribution in [3.63, 3.8) is 0 Å². The predicted molar refractivity (Wildman–Crippen MR) is 97.8 cm³/mol. The van der Waals surface area contributed by atoms with Gasteiger partial charge in [-0.1, -0.05) is 19.4 Å². The number of rotatable bonds is 13. The molecule has 0 N–H and O–H groups in total. The Bertz CT molecular complexity index is 460. The molecule has 9 heteroatoms. The van der Waals surface area contributed by atoms with E-state index in [0.717, 1.165) is 18.4 Å². The monoisotopic (exact) mass is 383 g/mol. The molecule has 0 saturated carbocycles. The van der Waals surface area contributed by atoms with Gasteiger partial charge in [0.1, 0.15) is 0 Å².